The molecule has 1 aromatic rings. The molecule has 1 saturated heterocycles. The van der Waals surface area contributed by atoms with Crippen LogP contribution in [0, 0.1) is 0 Å². The SMILES string of the molecule is COc1ccc(C(=O)NC(C)CN2CCCC2=O)cc1Br. The third kappa shape index (κ3) is 3.97. The van der Waals surface area contributed by atoms with Crippen molar-refractivity contribution in [2.24, 2.45) is 0 Å². The maximum Gasteiger partial charge on any atom is 0.251 e. The smallest absolute Gasteiger partial charge is 0.251 e. The highest BCUT2D eigenvalue weighted by Gasteiger charge is 2.22. The molecule has 1 aliphatic rings. The number of amides is 2. The first kappa shape index (κ1) is 15.8. The first-order valence-corrected chi connectivity index (χ1v) is 7.72. The van der Waals surface area contributed by atoms with Crippen molar-refractivity contribution in [2.75, 3.05) is 20.2 Å². The number of nitrogens with zero attached hydrogens (tertiary/aromatic N) is 1. The van der Waals surface area contributed by atoms with Crippen LogP contribution in [0.4, 0.5) is 0 Å². The molecule has 1 N–H and O–H groups in total. The Hall–Kier alpha value is -1.56. The molecule has 1 aromatic carbocycles. The van der Waals surface area contributed by atoms with Gasteiger partial charge in [0.25, 0.3) is 5.91 Å². The minimum Gasteiger partial charge on any atom is -0.496 e. The number of ether oxygens (including phenoxy) is 1. The molecule has 2 amide bonds. The van der Waals surface area contributed by atoms with E-state index in [4.69, 9.17) is 4.74 Å². The first-order valence-electron chi connectivity index (χ1n) is 6.93. The topological polar surface area (TPSA) is 58.6 Å². The van der Waals surface area contributed by atoms with Gasteiger partial charge in [-0.2, -0.15) is 0 Å². The van der Waals surface area contributed by atoms with Crippen LogP contribution in [0.15, 0.2) is 22.7 Å². The zero-order valence-electron chi connectivity index (χ0n) is 12.2. The standard InChI is InChI=1S/C15H19BrN2O3/c1-10(9-18-7-3-4-14(18)19)17-15(20)11-5-6-13(21-2)12(16)8-11/h5-6,8,10H,3-4,7,9H2,1-2H3,(H,17,20). The summed E-state index contributed by atoms with van der Waals surface area (Å²) in [4.78, 5) is 25.6. The first-order chi connectivity index (χ1) is 10.0. The van der Waals surface area contributed by atoms with Gasteiger partial charge in [-0.05, 0) is 47.5 Å². The van der Waals surface area contributed by atoms with Gasteiger partial charge < -0.3 is 15.0 Å². The van der Waals surface area contributed by atoms with E-state index in [0.717, 1.165) is 17.4 Å². The number of halogens is 1. The zero-order chi connectivity index (χ0) is 15.4. The molecule has 0 radical (unpaired) electrons. The number of benzene rings is 1. The van der Waals surface area contributed by atoms with Gasteiger partial charge in [0.05, 0.1) is 11.6 Å². The van der Waals surface area contributed by atoms with Crippen molar-refractivity contribution in [3.63, 3.8) is 0 Å². The highest BCUT2D eigenvalue weighted by Crippen LogP contribution is 2.25. The quantitative estimate of drug-likeness (QED) is 0.881. The molecule has 21 heavy (non-hydrogen) atoms. The molecular weight excluding hydrogens is 336 g/mol. The van der Waals surface area contributed by atoms with Crippen LogP contribution in [0.3, 0.4) is 0 Å². The van der Waals surface area contributed by atoms with Gasteiger partial charge in [0.15, 0.2) is 0 Å². The lowest BCUT2D eigenvalue weighted by molar-refractivity contribution is -0.127. The third-order valence-corrected chi connectivity index (χ3v) is 4.08. The van der Waals surface area contributed by atoms with E-state index in [0.29, 0.717) is 24.3 Å². The van der Waals surface area contributed by atoms with Crippen LogP contribution >= 0.6 is 15.9 Å². The largest absolute Gasteiger partial charge is 0.496 e. The summed E-state index contributed by atoms with van der Waals surface area (Å²) in [6, 6.07) is 5.10. The van der Waals surface area contributed by atoms with Gasteiger partial charge in [0.2, 0.25) is 5.91 Å². The molecule has 0 spiro atoms. The van der Waals surface area contributed by atoms with Gasteiger partial charge in [-0.25, -0.2) is 0 Å². The second-order valence-corrected chi connectivity index (χ2v) is 6.02. The minimum absolute atomic E-state index is 0.0829. The lowest BCUT2D eigenvalue weighted by Crippen LogP contribution is -2.42. The number of rotatable bonds is 5. The van der Waals surface area contributed by atoms with Crippen LogP contribution in [0.1, 0.15) is 30.1 Å². The Kier molecular flexibility index (Phi) is 5.22. The fraction of sp³-hybridized carbons (Fsp3) is 0.467. The number of carbonyl (C=O) groups excluding carboxylic acids is 2. The summed E-state index contributed by atoms with van der Waals surface area (Å²) in [6.45, 7) is 3.25. The number of likely N-dealkylation sites (tertiary alicyclic amines) is 1. The fourth-order valence-electron chi connectivity index (χ4n) is 2.39. The lowest BCUT2D eigenvalue weighted by atomic mass is 10.2. The Labute approximate surface area is 132 Å². The zero-order valence-corrected chi connectivity index (χ0v) is 13.8. The molecule has 114 valence electrons. The van der Waals surface area contributed by atoms with Crippen LogP contribution in [0.5, 0.6) is 5.75 Å². The number of methoxy groups -OCH3 is 1. The monoisotopic (exact) mass is 354 g/mol. The highest BCUT2D eigenvalue weighted by molar-refractivity contribution is 9.10. The van der Waals surface area contributed by atoms with E-state index < -0.39 is 0 Å². The Balaban J connectivity index is 1.94. The normalized spacial score (nSPS) is 16.0. The average Bonchev–Trinajstić information content (AvgIpc) is 2.84. The summed E-state index contributed by atoms with van der Waals surface area (Å²) in [5.74, 6) is 0.697. The van der Waals surface area contributed by atoms with Crippen molar-refractivity contribution >= 4 is 27.7 Å². The summed E-state index contributed by atoms with van der Waals surface area (Å²) < 4.78 is 5.87. The Morgan fingerprint density at radius 1 is 1.52 bits per heavy atom. The predicted octanol–water partition coefficient (Wildman–Crippen LogP) is 2.20. The van der Waals surface area contributed by atoms with Crippen molar-refractivity contribution in [2.45, 2.75) is 25.8 Å². The number of carbonyl (C=O) groups is 2. The number of hydrogen-bond acceptors (Lipinski definition) is 3. The molecule has 1 fully saturated rings. The van der Waals surface area contributed by atoms with Gasteiger partial charge in [0, 0.05) is 31.1 Å². The van der Waals surface area contributed by atoms with Gasteiger partial charge in [-0.1, -0.05) is 0 Å². The van der Waals surface area contributed by atoms with E-state index >= 15 is 0 Å². The molecular formula is C15H19BrN2O3. The molecule has 0 aliphatic carbocycles. The van der Waals surface area contributed by atoms with Gasteiger partial charge in [-0.3, -0.25) is 9.59 Å². The van der Waals surface area contributed by atoms with E-state index in [1.165, 1.54) is 0 Å². The van der Waals surface area contributed by atoms with E-state index in [-0.39, 0.29) is 17.9 Å². The van der Waals surface area contributed by atoms with Gasteiger partial charge >= 0.3 is 0 Å². The molecule has 0 bridgehead atoms. The van der Waals surface area contributed by atoms with Crippen molar-refractivity contribution in [3.05, 3.63) is 28.2 Å². The molecule has 1 heterocycles. The van der Waals surface area contributed by atoms with Gasteiger partial charge in [-0.15, -0.1) is 0 Å². The summed E-state index contributed by atoms with van der Waals surface area (Å²) in [6.07, 6.45) is 1.52. The maximum absolute atomic E-state index is 12.2. The number of hydrogen-bond donors (Lipinski definition) is 1. The summed E-state index contributed by atoms with van der Waals surface area (Å²) in [5.41, 5.74) is 0.558. The molecule has 6 heteroatoms. The maximum atomic E-state index is 12.2. The highest BCUT2D eigenvalue weighted by atomic mass is 79.9. The predicted molar refractivity (Wildman–Crippen MR) is 83.4 cm³/mol. The fourth-order valence-corrected chi connectivity index (χ4v) is 2.93. The third-order valence-electron chi connectivity index (χ3n) is 3.46. The Morgan fingerprint density at radius 3 is 2.86 bits per heavy atom. The van der Waals surface area contributed by atoms with Crippen LogP contribution < -0.4 is 10.1 Å². The molecule has 1 unspecified atom stereocenters. The van der Waals surface area contributed by atoms with Crippen molar-refractivity contribution < 1.29 is 14.3 Å². The van der Waals surface area contributed by atoms with Crippen molar-refractivity contribution in [1.29, 1.82) is 0 Å². The molecule has 2 rings (SSSR count). The Morgan fingerprint density at radius 2 is 2.29 bits per heavy atom. The molecule has 1 atom stereocenters. The van der Waals surface area contributed by atoms with Crippen molar-refractivity contribution in [1.82, 2.24) is 10.2 Å². The van der Waals surface area contributed by atoms with Crippen molar-refractivity contribution in [3.8, 4) is 5.75 Å². The van der Waals surface area contributed by atoms with Crippen LogP contribution in [0.2, 0.25) is 0 Å². The molecule has 5 nitrogen and oxygen atoms in total. The lowest BCUT2D eigenvalue weighted by Gasteiger charge is -2.21. The minimum atomic E-state index is -0.155. The van der Waals surface area contributed by atoms with E-state index in [1.54, 1.807) is 30.2 Å². The summed E-state index contributed by atoms with van der Waals surface area (Å²) in [7, 11) is 1.58. The summed E-state index contributed by atoms with van der Waals surface area (Å²) >= 11 is 3.36. The van der Waals surface area contributed by atoms with Crippen LogP contribution in [0.25, 0.3) is 0 Å². The van der Waals surface area contributed by atoms with Crippen LogP contribution in [-0.4, -0.2) is 43.0 Å². The van der Waals surface area contributed by atoms with Gasteiger partial charge in [0.1, 0.15) is 5.75 Å². The molecule has 0 saturated carbocycles. The second-order valence-electron chi connectivity index (χ2n) is 5.17. The number of nitrogens with one attached hydrogen (secondary N) is 1. The summed E-state index contributed by atoms with van der Waals surface area (Å²) in [5, 5.41) is 2.91. The average molecular weight is 355 g/mol. The van der Waals surface area contributed by atoms with E-state index in [1.807, 2.05) is 6.92 Å². The van der Waals surface area contributed by atoms with E-state index in [9.17, 15) is 9.59 Å². The Bertz CT molecular complexity index is 548. The molecule has 0 aromatic heterocycles. The van der Waals surface area contributed by atoms with Crippen LogP contribution in [-0.2, 0) is 4.79 Å². The second kappa shape index (κ2) is 6.93. The van der Waals surface area contributed by atoms with E-state index in [2.05, 4.69) is 21.2 Å². The molecule has 1 aliphatic heterocycles.